The topological polar surface area (TPSA) is 41.6 Å². The Morgan fingerprint density at radius 3 is 2.50 bits per heavy atom. The zero-order valence-electron chi connectivity index (χ0n) is 7.08. The zero-order chi connectivity index (χ0) is 7.97. The molecule has 0 atom stereocenters. The number of hydrogen-bond acceptors (Lipinski definition) is 2. The van der Waals surface area contributed by atoms with Gasteiger partial charge in [-0.15, -0.1) is 0 Å². The van der Waals surface area contributed by atoms with Gasteiger partial charge in [-0.2, -0.15) is 5.10 Å². The van der Waals surface area contributed by atoms with Crippen LogP contribution >= 0.6 is 0 Å². The van der Waals surface area contributed by atoms with Crippen LogP contribution in [-0.4, -0.2) is 15.2 Å². The quantitative estimate of drug-likeness (QED) is 0.724. The summed E-state index contributed by atoms with van der Waals surface area (Å²) >= 11 is 0. The van der Waals surface area contributed by atoms with E-state index in [1.54, 1.807) is 0 Å². The van der Waals surface area contributed by atoms with Crippen molar-refractivity contribution in [2.75, 3.05) is 0 Å². The molecule has 12 heavy (non-hydrogen) atoms. The molecule has 1 aromatic rings. The molecule has 0 aliphatic heterocycles. The van der Waals surface area contributed by atoms with E-state index in [0.29, 0.717) is 11.8 Å². The van der Waals surface area contributed by atoms with E-state index in [4.69, 9.17) is 0 Å². The highest BCUT2D eigenvalue weighted by atomic mass is 15.2. The summed E-state index contributed by atoms with van der Waals surface area (Å²) in [6.45, 7) is 0. The minimum Gasteiger partial charge on any atom is -0.263 e. The molecule has 1 aromatic heterocycles. The van der Waals surface area contributed by atoms with Crippen LogP contribution in [0.15, 0.2) is 0 Å². The number of nitrogens with one attached hydrogen (secondary N) is 1. The van der Waals surface area contributed by atoms with Gasteiger partial charge in [0.05, 0.1) is 0 Å². The normalized spacial score (nSPS) is 24.0. The second-order valence-corrected chi connectivity index (χ2v) is 3.98. The summed E-state index contributed by atoms with van der Waals surface area (Å²) in [6, 6.07) is 0. The predicted molar refractivity (Wildman–Crippen MR) is 44.9 cm³/mol. The Kier molecular flexibility index (Phi) is 1.28. The lowest BCUT2D eigenvalue weighted by atomic mass is 9.85. The van der Waals surface area contributed by atoms with Crippen molar-refractivity contribution in [3.63, 3.8) is 0 Å². The average Bonchev–Trinajstić information content (AvgIpc) is 2.70. The lowest BCUT2D eigenvalue weighted by molar-refractivity contribution is 0.402. The van der Waals surface area contributed by atoms with Crippen molar-refractivity contribution >= 4 is 0 Å². The predicted octanol–water partition coefficient (Wildman–Crippen LogP) is 1.95. The second kappa shape index (κ2) is 2.31. The molecule has 64 valence electrons. The van der Waals surface area contributed by atoms with Crippen LogP contribution in [0.3, 0.4) is 0 Å². The third-order valence-electron chi connectivity index (χ3n) is 2.95. The van der Waals surface area contributed by atoms with Crippen molar-refractivity contribution in [1.29, 1.82) is 0 Å². The number of aromatic nitrogens is 3. The first-order chi connectivity index (χ1) is 5.93. The Labute approximate surface area is 71.6 Å². The molecule has 3 rings (SSSR count). The van der Waals surface area contributed by atoms with Gasteiger partial charge in [0.2, 0.25) is 0 Å². The minimum atomic E-state index is 0.675. The van der Waals surface area contributed by atoms with Crippen LogP contribution in [0.4, 0.5) is 0 Å². The summed E-state index contributed by atoms with van der Waals surface area (Å²) < 4.78 is 0. The van der Waals surface area contributed by atoms with Crippen molar-refractivity contribution < 1.29 is 0 Å². The van der Waals surface area contributed by atoms with Gasteiger partial charge in [-0.3, -0.25) is 5.10 Å². The second-order valence-electron chi connectivity index (χ2n) is 3.98. The van der Waals surface area contributed by atoms with E-state index in [1.807, 2.05) is 0 Å². The molecule has 1 heterocycles. The van der Waals surface area contributed by atoms with Crippen molar-refractivity contribution in [2.24, 2.45) is 0 Å². The van der Waals surface area contributed by atoms with Crippen LogP contribution < -0.4 is 0 Å². The fraction of sp³-hybridized carbons (Fsp3) is 0.778. The summed E-state index contributed by atoms with van der Waals surface area (Å²) in [4.78, 5) is 4.53. The van der Waals surface area contributed by atoms with Gasteiger partial charge in [0.25, 0.3) is 0 Å². The lowest BCUT2D eigenvalue weighted by Gasteiger charge is -2.21. The maximum absolute atomic E-state index is 4.53. The van der Waals surface area contributed by atoms with Gasteiger partial charge in [0.15, 0.2) is 5.82 Å². The summed E-state index contributed by atoms with van der Waals surface area (Å²) in [7, 11) is 0. The van der Waals surface area contributed by atoms with Crippen molar-refractivity contribution in [1.82, 2.24) is 15.2 Å². The van der Waals surface area contributed by atoms with Gasteiger partial charge in [-0.05, 0) is 25.7 Å². The highest BCUT2D eigenvalue weighted by Crippen LogP contribution is 2.40. The maximum atomic E-state index is 4.53. The van der Waals surface area contributed by atoms with E-state index in [9.17, 15) is 0 Å². The van der Waals surface area contributed by atoms with E-state index >= 15 is 0 Å². The van der Waals surface area contributed by atoms with Gasteiger partial charge >= 0.3 is 0 Å². The number of nitrogens with zero attached hydrogens (tertiary/aromatic N) is 2. The lowest BCUT2D eigenvalue weighted by Crippen LogP contribution is -2.10. The third-order valence-corrected chi connectivity index (χ3v) is 2.95. The highest BCUT2D eigenvalue weighted by molar-refractivity contribution is 5.08. The fourth-order valence-corrected chi connectivity index (χ4v) is 1.68. The smallest absolute Gasteiger partial charge is 0.153 e. The molecule has 0 saturated heterocycles. The first kappa shape index (κ1) is 6.63. The van der Waals surface area contributed by atoms with Gasteiger partial charge in [0, 0.05) is 11.8 Å². The van der Waals surface area contributed by atoms with Gasteiger partial charge in [0.1, 0.15) is 5.82 Å². The van der Waals surface area contributed by atoms with Crippen LogP contribution in [0.2, 0.25) is 0 Å². The van der Waals surface area contributed by atoms with Gasteiger partial charge in [-0.1, -0.05) is 6.42 Å². The summed E-state index contributed by atoms with van der Waals surface area (Å²) in [5.74, 6) is 3.60. The molecule has 3 heteroatoms. The number of hydrogen-bond donors (Lipinski definition) is 1. The summed E-state index contributed by atoms with van der Waals surface area (Å²) in [5, 5.41) is 7.32. The highest BCUT2D eigenvalue weighted by Gasteiger charge is 2.29. The molecule has 1 N–H and O–H groups in total. The van der Waals surface area contributed by atoms with Crippen LogP contribution in [0.25, 0.3) is 0 Å². The number of H-pyrrole nitrogens is 1. The molecule has 0 unspecified atom stereocenters. The first-order valence-corrected chi connectivity index (χ1v) is 4.85. The summed E-state index contributed by atoms with van der Waals surface area (Å²) in [5.41, 5.74) is 0. The van der Waals surface area contributed by atoms with Crippen LogP contribution in [0.1, 0.15) is 55.6 Å². The SMILES string of the molecule is C1CC(c2n[nH]c(C3CC3)n2)C1. The summed E-state index contributed by atoms with van der Waals surface area (Å²) in [6.07, 6.45) is 6.56. The Morgan fingerprint density at radius 2 is 1.92 bits per heavy atom. The Bertz CT molecular complexity index is 284. The van der Waals surface area contributed by atoms with Crippen molar-refractivity contribution in [3.05, 3.63) is 11.6 Å². The third kappa shape index (κ3) is 0.958. The van der Waals surface area contributed by atoms with Crippen molar-refractivity contribution in [3.8, 4) is 0 Å². The van der Waals surface area contributed by atoms with Crippen LogP contribution in [0.5, 0.6) is 0 Å². The maximum Gasteiger partial charge on any atom is 0.153 e. The Morgan fingerprint density at radius 1 is 1.08 bits per heavy atom. The molecule has 2 fully saturated rings. The van der Waals surface area contributed by atoms with E-state index in [1.165, 1.54) is 32.1 Å². The Balaban J connectivity index is 1.81. The van der Waals surface area contributed by atoms with Crippen LogP contribution in [0, 0.1) is 0 Å². The molecule has 2 saturated carbocycles. The monoisotopic (exact) mass is 163 g/mol. The zero-order valence-corrected chi connectivity index (χ0v) is 7.08. The molecule has 2 aliphatic rings. The minimum absolute atomic E-state index is 0.675. The molecular formula is C9H13N3. The Hall–Kier alpha value is -0.860. The van der Waals surface area contributed by atoms with Crippen LogP contribution in [-0.2, 0) is 0 Å². The first-order valence-electron chi connectivity index (χ1n) is 4.85. The molecular weight excluding hydrogens is 150 g/mol. The molecule has 0 aromatic carbocycles. The largest absolute Gasteiger partial charge is 0.263 e. The fourth-order valence-electron chi connectivity index (χ4n) is 1.68. The molecule has 0 spiro atoms. The average molecular weight is 163 g/mol. The number of rotatable bonds is 2. The molecule has 0 radical (unpaired) electrons. The van der Waals surface area contributed by atoms with Gasteiger partial charge < -0.3 is 0 Å². The number of aromatic amines is 1. The molecule has 2 aliphatic carbocycles. The van der Waals surface area contributed by atoms with E-state index in [-0.39, 0.29) is 0 Å². The van der Waals surface area contributed by atoms with E-state index in [0.717, 1.165) is 11.6 Å². The molecule has 3 nitrogen and oxygen atoms in total. The molecule has 0 amide bonds. The molecule has 0 bridgehead atoms. The van der Waals surface area contributed by atoms with Crippen molar-refractivity contribution in [2.45, 2.75) is 43.9 Å². The van der Waals surface area contributed by atoms with Gasteiger partial charge in [-0.25, -0.2) is 4.98 Å². The van der Waals surface area contributed by atoms with E-state index < -0.39 is 0 Å². The standard InChI is InChI=1S/C9H13N3/c1-2-6(3-1)8-10-9(12-11-8)7-4-5-7/h6-7H,1-5H2,(H,10,11,12). The van der Waals surface area contributed by atoms with E-state index in [2.05, 4.69) is 15.2 Å².